The number of nitrogens with zero attached hydrogens (tertiary/aromatic N) is 1. The van der Waals surface area contributed by atoms with Crippen LogP contribution in [0.4, 0.5) is 0 Å². The van der Waals surface area contributed by atoms with Crippen molar-refractivity contribution in [1.29, 1.82) is 0 Å². The molecule has 6 heteroatoms. The summed E-state index contributed by atoms with van der Waals surface area (Å²) in [5.74, 6) is 1.02. The minimum absolute atomic E-state index is 0.0375. The standard InChI is InChI=1S/C17H22N2O3S/c1-19(2)14(13-8-9-23-12-13)10-18-17(20)11-22-16-7-5-4-6-15(16)21-3/h4-9,12,14H,10-11H2,1-3H3,(H,18,20)/t14-/m0/s1. The number of hydrogen-bond donors (Lipinski definition) is 1. The zero-order chi connectivity index (χ0) is 16.7. The molecule has 0 unspecified atom stereocenters. The van der Waals surface area contributed by atoms with Crippen molar-refractivity contribution in [3.05, 3.63) is 46.7 Å². The Bertz CT molecular complexity index is 614. The van der Waals surface area contributed by atoms with Gasteiger partial charge in [-0.25, -0.2) is 0 Å². The van der Waals surface area contributed by atoms with Crippen molar-refractivity contribution in [1.82, 2.24) is 10.2 Å². The lowest BCUT2D eigenvalue weighted by atomic mass is 10.1. The van der Waals surface area contributed by atoms with E-state index in [4.69, 9.17) is 9.47 Å². The zero-order valence-corrected chi connectivity index (χ0v) is 14.4. The van der Waals surface area contributed by atoms with Crippen molar-refractivity contribution < 1.29 is 14.3 Å². The molecule has 0 fully saturated rings. The maximum atomic E-state index is 12.0. The van der Waals surface area contributed by atoms with Crippen molar-refractivity contribution >= 4 is 17.2 Å². The largest absolute Gasteiger partial charge is 0.493 e. The second-order valence-electron chi connectivity index (χ2n) is 5.28. The molecule has 23 heavy (non-hydrogen) atoms. The highest BCUT2D eigenvalue weighted by Crippen LogP contribution is 2.25. The maximum Gasteiger partial charge on any atom is 0.258 e. The lowest BCUT2D eigenvalue weighted by molar-refractivity contribution is -0.123. The molecule has 0 aliphatic carbocycles. The predicted molar refractivity (Wildman–Crippen MR) is 92.2 cm³/mol. The number of thiophene rings is 1. The molecule has 0 spiro atoms. The molecule has 0 radical (unpaired) electrons. The number of ether oxygens (including phenoxy) is 2. The van der Waals surface area contributed by atoms with Gasteiger partial charge in [-0.2, -0.15) is 11.3 Å². The average molecular weight is 334 g/mol. The summed E-state index contributed by atoms with van der Waals surface area (Å²) < 4.78 is 10.7. The molecule has 1 aromatic heterocycles. The number of hydrogen-bond acceptors (Lipinski definition) is 5. The summed E-state index contributed by atoms with van der Waals surface area (Å²) >= 11 is 1.65. The Morgan fingerprint density at radius 1 is 1.26 bits per heavy atom. The monoisotopic (exact) mass is 334 g/mol. The fraction of sp³-hybridized carbons (Fsp3) is 0.353. The molecule has 2 aromatic rings. The Morgan fingerprint density at radius 3 is 2.61 bits per heavy atom. The third-order valence-corrected chi connectivity index (χ3v) is 4.17. The van der Waals surface area contributed by atoms with E-state index in [0.29, 0.717) is 18.0 Å². The number of amides is 1. The Labute approximate surface area is 140 Å². The number of carbonyl (C=O) groups excluding carboxylic acids is 1. The zero-order valence-electron chi connectivity index (χ0n) is 13.6. The predicted octanol–water partition coefficient (Wildman–Crippen LogP) is 2.55. The molecular weight excluding hydrogens is 312 g/mol. The van der Waals surface area contributed by atoms with Crippen molar-refractivity contribution in [3.8, 4) is 11.5 Å². The Balaban J connectivity index is 1.85. The van der Waals surface area contributed by atoms with E-state index in [1.54, 1.807) is 30.6 Å². The Kier molecular flexibility index (Phi) is 6.43. The summed E-state index contributed by atoms with van der Waals surface area (Å²) in [6, 6.07) is 9.50. The van der Waals surface area contributed by atoms with Gasteiger partial charge in [-0.15, -0.1) is 0 Å². The van der Waals surface area contributed by atoms with Crippen LogP contribution < -0.4 is 14.8 Å². The Hall–Kier alpha value is -2.05. The maximum absolute atomic E-state index is 12.0. The molecule has 1 aromatic carbocycles. The van der Waals surface area contributed by atoms with Crippen LogP contribution in [0.1, 0.15) is 11.6 Å². The first-order valence-electron chi connectivity index (χ1n) is 7.33. The summed E-state index contributed by atoms with van der Waals surface area (Å²) in [5, 5.41) is 7.06. The van der Waals surface area contributed by atoms with Crippen molar-refractivity contribution in [2.75, 3.05) is 34.4 Å². The van der Waals surface area contributed by atoms with Gasteiger partial charge in [-0.1, -0.05) is 12.1 Å². The third kappa shape index (κ3) is 4.97. The van der Waals surface area contributed by atoms with E-state index >= 15 is 0 Å². The fourth-order valence-electron chi connectivity index (χ4n) is 2.21. The molecule has 0 saturated heterocycles. The van der Waals surface area contributed by atoms with Crippen LogP contribution >= 0.6 is 11.3 Å². The van der Waals surface area contributed by atoms with Crippen LogP contribution in [0.15, 0.2) is 41.1 Å². The van der Waals surface area contributed by atoms with Gasteiger partial charge in [0.25, 0.3) is 5.91 Å². The highest BCUT2D eigenvalue weighted by Gasteiger charge is 2.16. The molecule has 0 bridgehead atoms. The summed E-state index contributed by atoms with van der Waals surface area (Å²) in [6.45, 7) is 0.502. The van der Waals surface area contributed by atoms with E-state index in [1.165, 1.54) is 5.56 Å². The van der Waals surface area contributed by atoms with Crippen LogP contribution in [0.25, 0.3) is 0 Å². The molecule has 1 amide bonds. The van der Waals surface area contributed by atoms with E-state index in [0.717, 1.165) is 0 Å². The molecule has 0 saturated carbocycles. The number of rotatable bonds is 8. The molecule has 2 rings (SSSR count). The van der Waals surface area contributed by atoms with Crippen molar-refractivity contribution in [3.63, 3.8) is 0 Å². The minimum atomic E-state index is -0.155. The number of carbonyl (C=O) groups is 1. The number of methoxy groups -OCH3 is 1. The molecule has 124 valence electrons. The van der Waals surface area contributed by atoms with Crippen molar-refractivity contribution in [2.45, 2.75) is 6.04 Å². The number of nitrogens with one attached hydrogen (secondary N) is 1. The summed E-state index contributed by atoms with van der Waals surface area (Å²) in [6.07, 6.45) is 0. The first kappa shape index (κ1) is 17.3. The first-order valence-corrected chi connectivity index (χ1v) is 8.27. The van der Waals surface area contributed by atoms with Crippen LogP contribution in [0, 0.1) is 0 Å². The van der Waals surface area contributed by atoms with Gasteiger partial charge in [0, 0.05) is 6.54 Å². The summed E-state index contributed by atoms with van der Waals surface area (Å²) in [5.41, 5.74) is 1.20. The van der Waals surface area contributed by atoms with Gasteiger partial charge in [-0.3, -0.25) is 4.79 Å². The molecule has 5 nitrogen and oxygen atoms in total. The molecule has 0 aliphatic heterocycles. The second-order valence-corrected chi connectivity index (χ2v) is 6.06. The molecule has 1 atom stereocenters. The quantitative estimate of drug-likeness (QED) is 0.806. The normalized spacial score (nSPS) is 12.0. The van der Waals surface area contributed by atoms with Crippen molar-refractivity contribution in [2.24, 2.45) is 0 Å². The van der Waals surface area contributed by atoms with E-state index in [-0.39, 0.29) is 18.6 Å². The summed E-state index contributed by atoms with van der Waals surface area (Å²) in [4.78, 5) is 14.1. The lowest BCUT2D eigenvalue weighted by Gasteiger charge is -2.24. The smallest absolute Gasteiger partial charge is 0.258 e. The van der Waals surface area contributed by atoms with Gasteiger partial charge in [0.15, 0.2) is 18.1 Å². The number of para-hydroxylation sites is 2. The Morgan fingerprint density at radius 2 is 2.00 bits per heavy atom. The van der Waals surface area contributed by atoms with Gasteiger partial charge in [0.05, 0.1) is 13.2 Å². The molecular formula is C17H22N2O3S. The number of benzene rings is 1. The van der Waals surface area contributed by atoms with Crippen LogP contribution in [-0.2, 0) is 4.79 Å². The van der Waals surface area contributed by atoms with Gasteiger partial charge in [0.1, 0.15) is 0 Å². The topological polar surface area (TPSA) is 50.8 Å². The molecule has 1 N–H and O–H groups in total. The average Bonchev–Trinajstić information content (AvgIpc) is 3.07. The molecule has 1 heterocycles. The van der Waals surface area contributed by atoms with E-state index in [9.17, 15) is 4.79 Å². The van der Waals surface area contributed by atoms with Crippen LogP contribution in [0.3, 0.4) is 0 Å². The highest BCUT2D eigenvalue weighted by atomic mass is 32.1. The van der Waals surface area contributed by atoms with Crippen LogP contribution in [-0.4, -0.2) is 45.2 Å². The number of likely N-dealkylation sites (N-methyl/N-ethyl adjacent to an activating group) is 1. The highest BCUT2D eigenvalue weighted by molar-refractivity contribution is 7.07. The van der Waals surface area contributed by atoms with Gasteiger partial charge >= 0.3 is 0 Å². The van der Waals surface area contributed by atoms with E-state index < -0.39 is 0 Å². The lowest BCUT2D eigenvalue weighted by Crippen LogP contribution is -2.36. The second kappa shape index (κ2) is 8.55. The minimum Gasteiger partial charge on any atom is -0.493 e. The van der Waals surface area contributed by atoms with Crippen LogP contribution in [0.2, 0.25) is 0 Å². The molecule has 0 aliphatic rings. The SMILES string of the molecule is COc1ccccc1OCC(=O)NC[C@@H](c1ccsc1)N(C)C. The fourth-order valence-corrected chi connectivity index (χ4v) is 2.91. The van der Waals surface area contributed by atoms with E-state index in [1.807, 2.05) is 31.6 Å². The van der Waals surface area contributed by atoms with Gasteiger partial charge in [-0.05, 0) is 48.6 Å². The summed E-state index contributed by atoms with van der Waals surface area (Å²) in [7, 11) is 5.57. The third-order valence-electron chi connectivity index (χ3n) is 3.47. The van der Waals surface area contributed by atoms with Crippen LogP contribution in [0.5, 0.6) is 11.5 Å². The van der Waals surface area contributed by atoms with E-state index in [2.05, 4.69) is 21.7 Å². The van der Waals surface area contributed by atoms with Gasteiger partial charge in [0.2, 0.25) is 0 Å². The van der Waals surface area contributed by atoms with Gasteiger partial charge < -0.3 is 19.7 Å². The first-order chi connectivity index (χ1) is 11.1.